The second-order valence-corrected chi connectivity index (χ2v) is 7.66. The van der Waals surface area contributed by atoms with Gasteiger partial charge in [-0.25, -0.2) is 0 Å². The minimum atomic E-state index is -0.170. The molecule has 120 valence electrons. The van der Waals surface area contributed by atoms with E-state index in [0.29, 0.717) is 18.0 Å². The fraction of sp³-hybridized carbons (Fsp3) is 0.938. The first-order chi connectivity index (χ1) is 9.09. The minimum Gasteiger partial charge on any atom is -0.396 e. The van der Waals surface area contributed by atoms with E-state index in [2.05, 4.69) is 50.2 Å². The van der Waals surface area contributed by atoms with Crippen LogP contribution < -0.4 is 10.6 Å². The van der Waals surface area contributed by atoms with E-state index in [-0.39, 0.29) is 12.0 Å². The summed E-state index contributed by atoms with van der Waals surface area (Å²) in [4.78, 5) is 4.57. The predicted octanol–water partition coefficient (Wildman–Crippen LogP) is 2.77. The maximum atomic E-state index is 9.28. The molecule has 0 aliphatic carbocycles. The van der Waals surface area contributed by atoms with Gasteiger partial charge in [-0.2, -0.15) is 0 Å². The van der Waals surface area contributed by atoms with Gasteiger partial charge in [0.15, 0.2) is 5.96 Å². The van der Waals surface area contributed by atoms with Gasteiger partial charge >= 0.3 is 0 Å². The topological polar surface area (TPSA) is 56.7 Å². The van der Waals surface area contributed by atoms with Crippen LogP contribution in [0.5, 0.6) is 0 Å². The van der Waals surface area contributed by atoms with Crippen molar-refractivity contribution in [1.29, 1.82) is 0 Å². The molecule has 0 aromatic heterocycles. The molecule has 1 atom stereocenters. The molecule has 4 heteroatoms. The Morgan fingerprint density at radius 2 is 1.80 bits per heavy atom. The SMILES string of the molecule is CCNC(=NCC(C)(C)CO)NC(C)CCC(C)(C)C. The average Bonchev–Trinajstić information content (AvgIpc) is 2.33. The zero-order valence-corrected chi connectivity index (χ0v) is 14.5. The Morgan fingerprint density at radius 1 is 1.20 bits per heavy atom. The Hall–Kier alpha value is -0.770. The Labute approximate surface area is 125 Å². The van der Waals surface area contributed by atoms with Crippen molar-refractivity contribution in [3.05, 3.63) is 0 Å². The molecular formula is C16H35N3O. The Balaban J connectivity index is 4.42. The average molecular weight is 285 g/mol. The molecule has 0 saturated heterocycles. The van der Waals surface area contributed by atoms with E-state index in [9.17, 15) is 5.11 Å². The summed E-state index contributed by atoms with van der Waals surface area (Å²) in [5.74, 6) is 0.843. The van der Waals surface area contributed by atoms with Gasteiger partial charge in [0.25, 0.3) is 0 Å². The standard InChI is InChI=1S/C16H35N3O/c1-8-17-14(18-11-16(6,7)12-20)19-13(2)9-10-15(3,4)5/h13,20H,8-12H2,1-7H3,(H2,17,18,19). The van der Waals surface area contributed by atoms with E-state index >= 15 is 0 Å². The molecule has 0 spiro atoms. The summed E-state index contributed by atoms with van der Waals surface area (Å²) in [6, 6.07) is 0.393. The van der Waals surface area contributed by atoms with Gasteiger partial charge in [0.1, 0.15) is 0 Å². The number of aliphatic hydroxyl groups is 1. The minimum absolute atomic E-state index is 0.148. The Morgan fingerprint density at radius 3 is 2.25 bits per heavy atom. The number of guanidine groups is 1. The molecule has 0 heterocycles. The zero-order chi connectivity index (χ0) is 15.8. The van der Waals surface area contributed by atoms with Gasteiger partial charge in [-0.15, -0.1) is 0 Å². The highest BCUT2D eigenvalue weighted by atomic mass is 16.3. The molecule has 0 saturated carbocycles. The van der Waals surface area contributed by atoms with Crippen LogP contribution in [0.25, 0.3) is 0 Å². The van der Waals surface area contributed by atoms with Crippen LogP contribution in [0.4, 0.5) is 0 Å². The van der Waals surface area contributed by atoms with Crippen LogP contribution in [0.15, 0.2) is 4.99 Å². The number of hydrogen-bond acceptors (Lipinski definition) is 2. The third kappa shape index (κ3) is 10.1. The van der Waals surface area contributed by atoms with E-state index in [1.807, 2.05) is 13.8 Å². The first-order valence-electron chi connectivity index (χ1n) is 7.75. The first kappa shape index (κ1) is 19.2. The van der Waals surface area contributed by atoms with Crippen LogP contribution in [-0.2, 0) is 0 Å². The molecule has 0 aromatic carbocycles. The van der Waals surface area contributed by atoms with Gasteiger partial charge < -0.3 is 15.7 Å². The van der Waals surface area contributed by atoms with Gasteiger partial charge in [0.2, 0.25) is 0 Å². The highest BCUT2D eigenvalue weighted by Crippen LogP contribution is 2.21. The highest BCUT2D eigenvalue weighted by molar-refractivity contribution is 5.80. The summed E-state index contributed by atoms with van der Waals surface area (Å²) in [5, 5.41) is 16.0. The van der Waals surface area contributed by atoms with Crippen molar-refractivity contribution in [3.63, 3.8) is 0 Å². The predicted molar refractivity (Wildman–Crippen MR) is 88.1 cm³/mol. The second kappa shape index (κ2) is 8.50. The van der Waals surface area contributed by atoms with Crippen molar-refractivity contribution in [2.75, 3.05) is 19.7 Å². The summed E-state index contributed by atoms with van der Waals surface area (Å²) in [6.45, 7) is 16.7. The van der Waals surface area contributed by atoms with Crippen LogP contribution >= 0.6 is 0 Å². The molecule has 0 bridgehead atoms. The van der Waals surface area contributed by atoms with Gasteiger partial charge in [-0.1, -0.05) is 34.6 Å². The maximum Gasteiger partial charge on any atom is 0.191 e. The van der Waals surface area contributed by atoms with Gasteiger partial charge in [-0.3, -0.25) is 4.99 Å². The molecule has 0 amide bonds. The molecule has 3 N–H and O–H groups in total. The number of nitrogens with one attached hydrogen (secondary N) is 2. The number of hydrogen-bond donors (Lipinski definition) is 3. The summed E-state index contributed by atoms with van der Waals surface area (Å²) >= 11 is 0. The van der Waals surface area contributed by atoms with Gasteiger partial charge in [0.05, 0.1) is 6.54 Å². The lowest BCUT2D eigenvalue weighted by atomic mass is 9.89. The molecule has 20 heavy (non-hydrogen) atoms. The van der Waals surface area contributed by atoms with Crippen LogP contribution in [0.1, 0.15) is 61.3 Å². The molecule has 0 aliphatic rings. The largest absolute Gasteiger partial charge is 0.396 e. The van der Waals surface area contributed by atoms with E-state index in [0.717, 1.165) is 18.9 Å². The smallest absolute Gasteiger partial charge is 0.191 e. The maximum absolute atomic E-state index is 9.28. The van der Waals surface area contributed by atoms with Gasteiger partial charge in [-0.05, 0) is 32.1 Å². The number of rotatable bonds is 7. The molecule has 0 fully saturated rings. The fourth-order valence-electron chi connectivity index (χ4n) is 1.62. The third-order valence-corrected chi connectivity index (χ3v) is 3.15. The molecule has 4 nitrogen and oxygen atoms in total. The summed E-state index contributed by atoms with van der Waals surface area (Å²) in [5.41, 5.74) is 0.196. The van der Waals surface area contributed by atoms with Crippen molar-refractivity contribution >= 4 is 5.96 Å². The summed E-state index contributed by atoms with van der Waals surface area (Å²) in [6.07, 6.45) is 2.31. The lowest BCUT2D eigenvalue weighted by Crippen LogP contribution is -2.43. The van der Waals surface area contributed by atoms with Crippen LogP contribution in [0.3, 0.4) is 0 Å². The molecule has 0 rings (SSSR count). The molecule has 0 aliphatic heterocycles. The van der Waals surface area contributed by atoms with Crippen LogP contribution in [0, 0.1) is 10.8 Å². The Bertz CT molecular complexity index is 293. The van der Waals surface area contributed by atoms with Crippen molar-refractivity contribution in [2.45, 2.75) is 67.3 Å². The molecule has 1 unspecified atom stereocenters. The van der Waals surface area contributed by atoms with E-state index in [1.165, 1.54) is 6.42 Å². The summed E-state index contributed by atoms with van der Waals surface area (Å²) < 4.78 is 0. The molecular weight excluding hydrogens is 250 g/mol. The first-order valence-corrected chi connectivity index (χ1v) is 7.75. The Kier molecular flexibility index (Phi) is 8.17. The van der Waals surface area contributed by atoms with E-state index < -0.39 is 0 Å². The van der Waals surface area contributed by atoms with Crippen LogP contribution in [0.2, 0.25) is 0 Å². The van der Waals surface area contributed by atoms with Crippen molar-refractivity contribution in [1.82, 2.24) is 10.6 Å². The third-order valence-electron chi connectivity index (χ3n) is 3.15. The van der Waals surface area contributed by atoms with Crippen molar-refractivity contribution in [3.8, 4) is 0 Å². The second-order valence-electron chi connectivity index (χ2n) is 7.66. The lowest BCUT2D eigenvalue weighted by molar-refractivity contribution is 0.167. The van der Waals surface area contributed by atoms with Crippen molar-refractivity contribution in [2.24, 2.45) is 15.8 Å². The van der Waals surface area contributed by atoms with Crippen LogP contribution in [-0.4, -0.2) is 36.8 Å². The quantitative estimate of drug-likeness (QED) is 0.498. The lowest BCUT2D eigenvalue weighted by Gasteiger charge is -2.24. The normalized spacial score (nSPS) is 15.1. The fourth-order valence-corrected chi connectivity index (χ4v) is 1.62. The number of aliphatic imine (C=N–C) groups is 1. The van der Waals surface area contributed by atoms with Crippen molar-refractivity contribution < 1.29 is 5.11 Å². The number of nitrogens with zero attached hydrogens (tertiary/aromatic N) is 1. The van der Waals surface area contributed by atoms with E-state index in [1.54, 1.807) is 0 Å². The van der Waals surface area contributed by atoms with E-state index in [4.69, 9.17) is 0 Å². The highest BCUT2D eigenvalue weighted by Gasteiger charge is 2.17. The van der Waals surface area contributed by atoms with Gasteiger partial charge in [0, 0.05) is 24.6 Å². The molecule has 0 radical (unpaired) electrons. The number of aliphatic hydroxyl groups excluding tert-OH is 1. The zero-order valence-electron chi connectivity index (χ0n) is 14.5. The summed E-state index contributed by atoms with van der Waals surface area (Å²) in [7, 11) is 0. The monoisotopic (exact) mass is 285 g/mol. The molecule has 0 aromatic rings.